The van der Waals surface area contributed by atoms with Crippen molar-refractivity contribution in [1.29, 1.82) is 0 Å². The number of hydrogen-bond donors (Lipinski definition) is 1. The lowest BCUT2D eigenvalue weighted by Gasteiger charge is -2.15. The highest BCUT2D eigenvalue weighted by Gasteiger charge is 2.41. The predicted octanol–water partition coefficient (Wildman–Crippen LogP) is 1.31. The maximum atomic E-state index is 10.8. The van der Waals surface area contributed by atoms with Gasteiger partial charge in [-0.1, -0.05) is 0 Å². The summed E-state index contributed by atoms with van der Waals surface area (Å²) in [5, 5.41) is 3.06. The van der Waals surface area contributed by atoms with Gasteiger partial charge >= 0.3 is 0 Å². The van der Waals surface area contributed by atoms with Crippen LogP contribution in [0.3, 0.4) is 0 Å². The summed E-state index contributed by atoms with van der Waals surface area (Å²) in [6, 6.07) is 0.535. The van der Waals surface area contributed by atoms with Gasteiger partial charge < -0.3 is 5.32 Å². The Bertz CT molecular complexity index is 158. The summed E-state index contributed by atoms with van der Waals surface area (Å²) in [7, 11) is 0. The van der Waals surface area contributed by atoms with E-state index in [-0.39, 0.29) is 5.91 Å². The highest BCUT2D eigenvalue weighted by atomic mass is 16.1. The molecule has 2 bridgehead atoms. The molecule has 2 fully saturated rings. The van der Waals surface area contributed by atoms with Crippen LogP contribution >= 0.6 is 0 Å². The van der Waals surface area contributed by atoms with Gasteiger partial charge in [0, 0.05) is 13.0 Å². The van der Waals surface area contributed by atoms with Gasteiger partial charge in [-0.25, -0.2) is 0 Å². The Morgan fingerprint density at radius 2 is 1.64 bits per heavy atom. The van der Waals surface area contributed by atoms with E-state index >= 15 is 0 Å². The van der Waals surface area contributed by atoms with Crippen molar-refractivity contribution in [3.05, 3.63) is 0 Å². The molecule has 0 spiro atoms. The summed E-state index contributed by atoms with van der Waals surface area (Å²) in [4.78, 5) is 10.8. The molecular weight excluding hydrogens is 138 g/mol. The minimum absolute atomic E-state index is 0.147. The number of nitrogens with one attached hydrogen (secondary N) is 1. The molecule has 2 aliphatic rings. The highest BCUT2D eigenvalue weighted by Crippen LogP contribution is 2.44. The maximum Gasteiger partial charge on any atom is 0.217 e. The molecule has 2 saturated carbocycles. The van der Waals surface area contributed by atoms with Crippen LogP contribution < -0.4 is 5.32 Å². The Labute approximate surface area is 67.4 Å². The molecule has 1 amide bonds. The smallest absolute Gasteiger partial charge is 0.217 e. The van der Waals surface area contributed by atoms with E-state index in [0.29, 0.717) is 6.04 Å². The molecule has 62 valence electrons. The first-order valence-corrected chi connectivity index (χ1v) is 4.54. The van der Waals surface area contributed by atoms with Crippen LogP contribution in [-0.2, 0) is 4.79 Å². The first-order chi connectivity index (χ1) is 5.27. The fraction of sp³-hybridized carbons (Fsp3) is 0.889. The summed E-state index contributed by atoms with van der Waals surface area (Å²) in [6.07, 6.45) is 5.37. The predicted molar refractivity (Wildman–Crippen MR) is 43.1 cm³/mol. The minimum atomic E-state index is 0.147. The Hall–Kier alpha value is -0.530. The number of carbonyl (C=O) groups excluding carboxylic acids is 1. The van der Waals surface area contributed by atoms with Crippen molar-refractivity contribution in [2.75, 3.05) is 0 Å². The molecule has 0 aliphatic heterocycles. The zero-order valence-corrected chi connectivity index (χ0v) is 6.97. The summed E-state index contributed by atoms with van der Waals surface area (Å²) in [5.41, 5.74) is 0. The Morgan fingerprint density at radius 3 is 2.00 bits per heavy atom. The summed E-state index contributed by atoms with van der Waals surface area (Å²) in [5.74, 6) is 1.77. The van der Waals surface area contributed by atoms with E-state index in [2.05, 4.69) is 5.32 Å². The number of carbonyl (C=O) groups is 1. The zero-order valence-electron chi connectivity index (χ0n) is 6.97. The molecule has 1 N–H and O–H groups in total. The van der Waals surface area contributed by atoms with Crippen LogP contribution in [0.5, 0.6) is 0 Å². The summed E-state index contributed by atoms with van der Waals surface area (Å²) >= 11 is 0. The standard InChI is InChI=1S/C9H15NO/c1-6(11)10-9-7-2-3-8(9)5-4-7/h7-9H,2-5H2,1H3,(H,10,11). The van der Waals surface area contributed by atoms with Crippen molar-refractivity contribution in [3.63, 3.8) is 0 Å². The van der Waals surface area contributed by atoms with Crippen molar-refractivity contribution in [3.8, 4) is 0 Å². The third-order valence-corrected chi connectivity index (χ3v) is 3.20. The average Bonchev–Trinajstić information content (AvgIpc) is 2.48. The molecule has 0 aromatic rings. The van der Waals surface area contributed by atoms with E-state index in [9.17, 15) is 4.79 Å². The van der Waals surface area contributed by atoms with Gasteiger partial charge in [-0.2, -0.15) is 0 Å². The van der Waals surface area contributed by atoms with Crippen molar-refractivity contribution in [1.82, 2.24) is 5.32 Å². The molecular formula is C9H15NO. The van der Waals surface area contributed by atoms with Gasteiger partial charge in [-0.15, -0.1) is 0 Å². The lowest BCUT2D eigenvalue weighted by atomic mass is 10.0. The van der Waals surface area contributed by atoms with E-state index in [1.807, 2.05) is 0 Å². The molecule has 0 atom stereocenters. The van der Waals surface area contributed by atoms with Gasteiger partial charge in [-0.3, -0.25) is 4.79 Å². The quantitative estimate of drug-likeness (QED) is 0.604. The van der Waals surface area contributed by atoms with Gasteiger partial charge in [0.05, 0.1) is 0 Å². The molecule has 2 nitrogen and oxygen atoms in total. The van der Waals surface area contributed by atoms with Gasteiger partial charge in [0.25, 0.3) is 0 Å². The molecule has 0 saturated heterocycles. The number of amides is 1. The molecule has 2 aliphatic carbocycles. The van der Waals surface area contributed by atoms with Gasteiger partial charge in [0.15, 0.2) is 0 Å². The van der Waals surface area contributed by atoms with Crippen LogP contribution in [0.15, 0.2) is 0 Å². The summed E-state index contributed by atoms with van der Waals surface area (Å²) in [6.45, 7) is 1.62. The first kappa shape index (κ1) is 7.14. The fourth-order valence-corrected chi connectivity index (χ4v) is 2.72. The van der Waals surface area contributed by atoms with Crippen molar-refractivity contribution >= 4 is 5.91 Å². The number of rotatable bonds is 1. The van der Waals surface area contributed by atoms with Gasteiger partial charge in [-0.05, 0) is 37.5 Å². The molecule has 11 heavy (non-hydrogen) atoms. The van der Waals surface area contributed by atoms with E-state index in [0.717, 1.165) is 11.8 Å². The number of fused-ring (bicyclic) bond motifs is 2. The molecule has 2 heteroatoms. The van der Waals surface area contributed by atoms with Gasteiger partial charge in [0.2, 0.25) is 5.91 Å². The highest BCUT2D eigenvalue weighted by molar-refractivity contribution is 5.73. The minimum Gasteiger partial charge on any atom is -0.353 e. The topological polar surface area (TPSA) is 29.1 Å². The Morgan fingerprint density at radius 1 is 1.18 bits per heavy atom. The van der Waals surface area contributed by atoms with Crippen LogP contribution in [0.1, 0.15) is 32.6 Å². The van der Waals surface area contributed by atoms with Crippen LogP contribution in [0.2, 0.25) is 0 Å². The van der Waals surface area contributed by atoms with Crippen LogP contribution in [0.4, 0.5) is 0 Å². The lowest BCUT2D eigenvalue weighted by molar-refractivity contribution is -0.119. The molecule has 2 rings (SSSR count). The SMILES string of the molecule is CC(=O)NC1C2CCC1CC2. The van der Waals surface area contributed by atoms with Crippen molar-refractivity contribution in [2.24, 2.45) is 11.8 Å². The van der Waals surface area contributed by atoms with Crippen molar-refractivity contribution in [2.45, 2.75) is 38.6 Å². The normalized spacial score (nSPS) is 41.0. The fourth-order valence-electron chi connectivity index (χ4n) is 2.72. The lowest BCUT2D eigenvalue weighted by Crippen LogP contribution is -2.36. The molecule has 0 radical (unpaired) electrons. The van der Waals surface area contributed by atoms with Gasteiger partial charge in [0.1, 0.15) is 0 Å². The van der Waals surface area contributed by atoms with Crippen molar-refractivity contribution < 1.29 is 4.79 Å². The molecule has 0 aromatic heterocycles. The largest absolute Gasteiger partial charge is 0.353 e. The monoisotopic (exact) mass is 153 g/mol. The summed E-state index contributed by atoms with van der Waals surface area (Å²) < 4.78 is 0. The second kappa shape index (κ2) is 2.50. The Balaban J connectivity index is 1.99. The second-order valence-electron chi connectivity index (χ2n) is 3.90. The second-order valence-corrected chi connectivity index (χ2v) is 3.90. The van der Waals surface area contributed by atoms with E-state index in [4.69, 9.17) is 0 Å². The average molecular weight is 153 g/mol. The molecule has 0 aromatic carbocycles. The zero-order chi connectivity index (χ0) is 7.84. The van der Waals surface area contributed by atoms with Crippen LogP contribution in [0.25, 0.3) is 0 Å². The first-order valence-electron chi connectivity index (χ1n) is 4.54. The number of hydrogen-bond acceptors (Lipinski definition) is 1. The van der Waals surface area contributed by atoms with Crippen LogP contribution in [-0.4, -0.2) is 11.9 Å². The Kier molecular flexibility index (Phi) is 1.63. The third-order valence-electron chi connectivity index (χ3n) is 3.20. The van der Waals surface area contributed by atoms with E-state index < -0.39 is 0 Å². The van der Waals surface area contributed by atoms with Crippen LogP contribution in [0, 0.1) is 11.8 Å². The third kappa shape index (κ3) is 1.15. The molecule has 0 heterocycles. The maximum absolute atomic E-state index is 10.8. The molecule has 0 unspecified atom stereocenters. The van der Waals surface area contributed by atoms with E-state index in [1.165, 1.54) is 25.7 Å². The van der Waals surface area contributed by atoms with E-state index in [1.54, 1.807) is 6.92 Å².